The van der Waals surface area contributed by atoms with Crippen LogP contribution in [0.4, 0.5) is 26.2 Å². The fraction of sp³-hybridized carbons (Fsp3) is 0. The summed E-state index contributed by atoms with van der Waals surface area (Å²) in [5, 5.41) is 2.69. The number of nitrogens with two attached hydrogens (primary N) is 1. The van der Waals surface area contributed by atoms with Crippen molar-refractivity contribution in [2.45, 2.75) is 0 Å². The zero-order valence-corrected chi connectivity index (χ0v) is 9.65. The van der Waals surface area contributed by atoms with Crippen molar-refractivity contribution < 1.29 is 13.2 Å². The topological polar surface area (TPSA) is 64.1 Å². The van der Waals surface area contributed by atoms with Gasteiger partial charge < -0.3 is 15.5 Å². The minimum Gasteiger partial charge on any atom is -0.423 e. The molecule has 0 aliphatic carbocycles. The molecule has 0 spiro atoms. The van der Waals surface area contributed by atoms with Gasteiger partial charge in [-0.2, -0.15) is 4.98 Å². The molecule has 0 bridgehead atoms. The summed E-state index contributed by atoms with van der Waals surface area (Å²) in [5.74, 6) is -1.36. The molecule has 0 aliphatic rings. The monoisotopic (exact) mass is 261 g/mol. The van der Waals surface area contributed by atoms with Gasteiger partial charge in [-0.15, -0.1) is 0 Å². The maximum atomic E-state index is 13.0. The molecule has 3 rings (SSSR count). The maximum absolute atomic E-state index is 13.0. The molecule has 0 amide bonds. The molecule has 0 atom stereocenters. The van der Waals surface area contributed by atoms with Gasteiger partial charge in [0, 0.05) is 11.8 Å². The van der Waals surface area contributed by atoms with Gasteiger partial charge in [0.15, 0.2) is 5.58 Å². The first-order chi connectivity index (χ1) is 9.11. The third-order valence-electron chi connectivity index (χ3n) is 2.56. The molecular formula is C13H9F2N3O. The van der Waals surface area contributed by atoms with Gasteiger partial charge in [0.05, 0.1) is 5.69 Å². The van der Waals surface area contributed by atoms with Crippen molar-refractivity contribution in [2.24, 2.45) is 0 Å². The quantitative estimate of drug-likeness (QED) is 0.694. The standard InChI is InChI=1S/C13H9F2N3O/c14-7-4-8(15)6-9(5-7)17-13-18-12-10(16)2-1-3-11(12)19-13/h1-6H,16H2,(H,17,18). The third-order valence-corrected chi connectivity index (χ3v) is 2.56. The van der Waals surface area contributed by atoms with E-state index in [0.29, 0.717) is 16.8 Å². The van der Waals surface area contributed by atoms with Crippen LogP contribution < -0.4 is 11.1 Å². The van der Waals surface area contributed by atoms with E-state index in [-0.39, 0.29) is 11.7 Å². The molecule has 96 valence electrons. The molecule has 2 aromatic carbocycles. The smallest absolute Gasteiger partial charge is 0.300 e. The minimum absolute atomic E-state index is 0.123. The lowest BCUT2D eigenvalue weighted by Gasteiger charge is -2.01. The molecule has 0 fully saturated rings. The molecule has 4 nitrogen and oxygen atoms in total. The van der Waals surface area contributed by atoms with Crippen molar-refractivity contribution in [2.75, 3.05) is 11.1 Å². The molecule has 1 aromatic heterocycles. The Labute approximate surface area is 106 Å². The molecule has 3 N–H and O–H groups in total. The summed E-state index contributed by atoms with van der Waals surface area (Å²) >= 11 is 0. The largest absolute Gasteiger partial charge is 0.423 e. The van der Waals surface area contributed by atoms with Crippen molar-refractivity contribution in [3.63, 3.8) is 0 Å². The van der Waals surface area contributed by atoms with Crippen LogP contribution in [0, 0.1) is 11.6 Å². The van der Waals surface area contributed by atoms with Crippen LogP contribution in [0.3, 0.4) is 0 Å². The minimum atomic E-state index is -0.682. The van der Waals surface area contributed by atoms with Crippen LogP contribution in [0.1, 0.15) is 0 Å². The SMILES string of the molecule is Nc1cccc2oc(Nc3cc(F)cc(F)c3)nc12. The van der Waals surface area contributed by atoms with E-state index in [9.17, 15) is 8.78 Å². The molecule has 0 saturated heterocycles. The predicted octanol–water partition coefficient (Wildman–Crippen LogP) is 3.43. The number of rotatable bonds is 2. The summed E-state index contributed by atoms with van der Waals surface area (Å²) in [4.78, 5) is 4.12. The van der Waals surface area contributed by atoms with Gasteiger partial charge in [0.1, 0.15) is 17.2 Å². The molecule has 3 aromatic rings. The Balaban J connectivity index is 1.99. The number of oxazole rings is 1. The number of nitrogens with zero attached hydrogens (tertiary/aromatic N) is 1. The number of nitrogens with one attached hydrogen (secondary N) is 1. The average molecular weight is 261 g/mol. The van der Waals surface area contributed by atoms with E-state index >= 15 is 0 Å². The molecule has 0 radical (unpaired) electrons. The fourth-order valence-corrected chi connectivity index (χ4v) is 1.77. The number of halogens is 2. The van der Waals surface area contributed by atoms with E-state index in [1.807, 2.05) is 0 Å². The number of aromatic nitrogens is 1. The van der Waals surface area contributed by atoms with E-state index in [1.165, 1.54) is 0 Å². The summed E-state index contributed by atoms with van der Waals surface area (Å²) in [5.41, 5.74) is 7.42. The molecule has 0 aliphatic heterocycles. The Kier molecular flexibility index (Phi) is 2.56. The van der Waals surface area contributed by atoms with Crippen LogP contribution in [0.2, 0.25) is 0 Å². The van der Waals surface area contributed by atoms with Crippen LogP contribution in [0.5, 0.6) is 0 Å². The van der Waals surface area contributed by atoms with Crippen LogP contribution >= 0.6 is 0 Å². The lowest BCUT2D eigenvalue weighted by Crippen LogP contribution is -1.92. The molecule has 0 unspecified atom stereocenters. The second-order valence-corrected chi connectivity index (χ2v) is 4.00. The van der Waals surface area contributed by atoms with Crippen LogP contribution in [0.25, 0.3) is 11.1 Å². The highest BCUT2D eigenvalue weighted by Crippen LogP contribution is 2.26. The van der Waals surface area contributed by atoms with E-state index in [2.05, 4.69) is 10.3 Å². The predicted molar refractivity (Wildman–Crippen MR) is 68.1 cm³/mol. The Bertz CT molecular complexity index is 734. The second kappa shape index (κ2) is 4.24. The Morgan fingerprint density at radius 2 is 1.84 bits per heavy atom. The number of para-hydroxylation sites is 1. The first kappa shape index (κ1) is 11.5. The molecular weight excluding hydrogens is 252 g/mol. The lowest BCUT2D eigenvalue weighted by molar-refractivity contribution is 0.583. The summed E-state index contributed by atoms with van der Waals surface area (Å²) in [6.07, 6.45) is 0. The van der Waals surface area contributed by atoms with Crippen molar-refractivity contribution in [3.05, 3.63) is 48.0 Å². The summed E-state index contributed by atoms with van der Waals surface area (Å²) in [6.45, 7) is 0. The fourth-order valence-electron chi connectivity index (χ4n) is 1.77. The van der Waals surface area contributed by atoms with E-state index in [1.54, 1.807) is 18.2 Å². The highest BCUT2D eigenvalue weighted by atomic mass is 19.1. The van der Waals surface area contributed by atoms with Gasteiger partial charge in [-0.1, -0.05) is 6.07 Å². The first-order valence-electron chi connectivity index (χ1n) is 5.50. The van der Waals surface area contributed by atoms with Crippen molar-refractivity contribution in [1.82, 2.24) is 4.98 Å². The molecule has 19 heavy (non-hydrogen) atoms. The summed E-state index contributed by atoms with van der Waals surface area (Å²) < 4.78 is 31.5. The highest BCUT2D eigenvalue weighted by molar-refractivity contribution is 5.86. The lowest BCUT2D eigenvalue weighted by atomic mass is 10.3. The number of fused-ring (bicyclic) bond motifs is 1. The van der Waals surface area contributed by atoms with Gasteiger partial charge in [-0.3, -0.25) is 0 Å². The van der Waals surface area contributed by atoms with Gasteiger partial charge in [0.2, 0.25) is 0 Å². The first-order valence-corrected chi connectivity index (χ1v) is 5.50. The van der Waals surface area contributed by atoms with Crippen LogP contribution in [-0.2, 0) is 0 Å². The second-order valence-electron chi connectivity index (χ2n) is 4.00. The maximum Gasteiger partial charge on any atom is 0.300 e. The molecule has 6 heteroatoms. The van der Waals surface area contributed by atoms with Crippen molar-refractivity contribution >= 4 is 28.5 Å². The summed E-state index contributed by atoms with van der Waals surface area (Å²) in [6, 6.07) is 8.32. The average Bonchev–Trinajstić information content (AvgIpc) is 2.71. The number of hydrogen-bond donors (Lipinski definition) is 2. The Morgan fingerprint density at radius 3 is 2.53 bits per heavy atom. The molecule has 1 heterocycles. The van der Waals surface area contributed by atoms with Gasteiger partial charge in [0.25, 0.3) is 6.01 Å². The molecule has 0 saturated carbocycles. The van der Waals surface area contributed by atoms with E-state index < -0.39 is 11.6 Å². The number of anilines is 3. The van der Waals surface area contributed by atoms with E-state index in [4.69, 9.17) is 10.2 Å². The number of hydrogen-bond acceptors (Lipinski definition) is 4. The zero-order valence-electron chi connectivity index (χ0n) is 9.65. The van der Waals surface area contributed by atoms with Crippen molar-refractivity contribution in [3.8, 4) is 0 Å². The number of nitrogen functional groups attached to an aromatic ring is 1. The van der Waals surface area contributed by atoms with Crippen LogP contribution in [0.15, 0.2) is 40.8 Å². The zero-order chi connectivity index (χ0) is 13.4. The number of benzene rings is 2. The summed E-state index contributed by atoms with van der Waals surface area (Å²) in [7, 11) is 0. The van der Waals surface area contributed by atoms with Crippen molar-refractivity contribution in [1.29, 1.82) is 0 Å². The normalized spacial score (nSPS) is 10.8. The van der Waals surface area contributed by atoms with Crippen LogP contribution in [-0.4, -0.2) is 4.98 Å². The third kappa shape index (κ3) is 2.20. The Morgan fingerprint density at radius 1 is 1.11 bits per heavy atom. The Hall–Kier alpha value is -2.63. The van der Waals surface area contributed by atoms with Gasteiger partial charge in [-0.05, 0) is 24.3 Å². The van der Waals surface area contributed by atoms with Gasteiger partial charge in [-0.25, -0.2) is 8.78 Å². The highest BCUT2D eigenvalue weighted by Gasteiger charge is 2.09. The van der Waals surface area contributed by atoms with Gasteiger partial charge >= 0.3 is 0 Å². The van der Waals surface area contributed by atoms with E-state index in [0.717, 1.165) is 18.2 Å².